The molecule has 1 atom stereocenters. The first-order valence-corrected chi connectivity index (χ1v) is 12.1. The van der Waals surface area contributed by atoms with E-state index in [2.05, 4.69) is 49.4 Å². The number of anilines is 1. The summed E-state index contributed by atoms with van der Waals surface area (Å²) in [5.41, 5.74) is 5.77. The van der Waals surface area contributed by atoms with E-state index in [1.165, 1.54) is 18.3 Å². The summed E-state index contributed by atoms with van der Waals surface area (Å²) >= 11 is 8.02. The Morgan fingerprint density at radius 1 is 0.944 bits per heavy atom. The summed E-state index contributed by atoms with van der Waals surface area (Å²) in [5.74, 6) is -1.32. The second kappa shape index (κ2) is 11.7. The maximum atomic E-state index is 13.3. The molecule has 1 heterocycles. The van der Waals surface area contributed by atoms with E-state index in [1.54, 1.807) is 54.9 Å². The van der Waals surface area contributed by atoms with Gasteiger partial charge in [0.2, 0.25) is 0 Å². The number of carbonyl (C=O) groups excluding carboxylic acids is 2. The Labute approximate surface area is 221 Å². The highest BCUT2D eigenvalue weighted by molar-refractivity contribution is 9.10. The van der Waals surface area contributed by atoms with Gasteiger partial charge < -0.3 is 5.32 Å². The highest BCUT2D eigenvalue weighted by Crippen LogP contribution is 2.28. The Balaban J connectivity index is 1.46. The van der Waals surface area contributed by atoms with Crippen molar-refractivity contribution in [3.8, 4) is 0 Å². The number of carbonyl (C=O) groups is 2. The summed E-state index contributed by atoms with van der Waals surface area (Å²) in [6, 6.07) is 21.6. The lowest BCUT2D eigenvalue weighted by atomic mass is 10.0. The summed E-state index contributed by atoms with van der Waals surface area (Å²) in [6.07, 6.45) is 4.75. The van der Waals surface area contributed by atoms with Crippen LogP contribution >= 0.6 is 28.6 Å². The van der Waals surface area contributed by atoms with Gasteiger partial charge in [-0.15, -0.1) is 0 Å². The monoisotopic (exact) mass is 562 g/mol. The molecular formula is C27H20BrFN4O2S. The number of rotatable bonds is 7. The van der Waals surface area contributed by atoms with E-state index in [0.717, 1.165) is 11.1 Å². The highest BCUT2D eigenvalue weighted by Gasteiger charge is 2.16. The van der Waals surface area contributed by atoms with Crippen LogP contribution in [-0.2, 0) is 0 Å². The van der Waals surface area contributed by atoms with Gasteiger partial charge >= 0.3 is 0 Å². The van der Waals surface area contributed by atoms with Gasteiger partial charge in [-0.2, -0.15) is 17.7 Å². The van der Waals surface area contributed by atoms with Gasteiger partial charge in [-0.25, -0.2) is 9.82 Å². The number of thiol groups is 1. The Kier molecular flexibility index (Phi) is 8.24. The molecule has 9 heteroatoms. The van der Waals surface area contributed by atoms with Crippen molar-refractivity contribution in [3.05, 3.63) is 129 Å². The molecule has 2 amide bonds. The van der Waals surface area contributed by atoms with Crippen molar-refractivity contribution >= 4 is 52.3 Å². The van der Waals surface area contributed by atoms with Crippen molar-refractivity contribution in [2.75, 3.05) is 5.32 Å². The van der Waals surface area contributed by atoms with Crippen LogP contribution in [0.25, 0.3) is 0 Å². The maximum Gasteiger partial charge on any atom is 0.273 e. The third kappa shape index (κ3) is 6.44. The van der Waals surface area contributed by atoms with Crippen molar-refractivity contribution in [1.29, 1.82) is 0 Å². The molecule has 0 saturated heterocycles. The summed E-state index contributed by atoms with van der Waals surface area (Å²) in [7, 11) is 0. The van der Waals surface area contributed by atoms with Gasteiger partial charge in [-0.3, -0.25) is 14.6 Å². The topological polar surface area (TPSA) is 83.5 Å². The number of nitrogens with one attached hydrogen (secondary N) is 2. The number of pyridine rings is 1. The van der Waals surface area contributed by atoms with E-state index in [0.29, 0.717) is 21.3 Å². The van der Waals surface area contributed by atoms with Crippen LogP contribution in [0, 0.1) is 5.82 Å². The van der Waals surface area contributed by atoms with Crippen molar-refractivity contribution < 1.29 is 14.0 Å². The molecular weight excluding hydrogens is 543 g/mol. The van der Waals surface area contributed by atoms with Gasteiger partial charge in [-0.05, 0) is 71.3 Å². The van der Waals surface area contributed by atoms with Gasteiger partial charge in [0.05, 0.1) is 22.7 Å². The van der Waals surface area contributed by atoms with Crippen molar-refractivity contribution in [1.82, 2.24) is 10.4 Å². The predicted octanol–water partition coefficient (Wildman–Crippen LogP) is 6.02. The van der Waals surface area contributed by atoms with Crippen molar-refractivity contribution in [2.45, 2.75) is 5.25 Å². The first-order valence-electron chi connectivity index (χ1n) is 10.8. The average molecular weight is 563 g/mol. The molecule has 36 heavy (non-hydrogen) atoms. The first-order chi connectivity index (χ1) is 17.4. The van der Waals surface area contributed by atoms with Gasteiger partial charge in [-0.1, -0.05) is 40.2 Å². The molecule has 0 aliphatic rings. The van der Waals surface area contributed by atoms with Gasteiger partial charge in [0.25, 0.3) is 11.8 Å². The van der Waals surface area contributed by atoms with Crippen LogP contribution in [0.15, 0.2) is 101 Å². The minimum Gasteiger partial charge on any atom is -0.321 e. The smallest absolute Gasteiger partial charge is 0.273 e. The fourth-order valence-electron chi connectivity index (χ4n) is 3.38. The van der Waals surface area contributed by atoms with E-state index in [4.69, 9.17) is 0 Å². The van der Waals surface area contributed by atoms with E-state index in [-0.39, 0.29) is 16.7 Å². The zero-order valence-corrected chi connectivity index (χ0v) is 21.2. The number of benzene rings is 3. The van der Waals surface area contributed by atoms with Crippen LogP contribution in [0.2, 0.25) is 0 Å². The van der Waals surface area contributed by atoms with E-state index in [9.17, 15) is 14.0 Å². The Morgan fingerprint density at radius 3 is 2.39 bits per heavy atom. The SMILES string of the molecule is O=C(Nc1ccc(Br)cc1C(=O)N/N=C/c1cccc(F)c1)c1ccc(C(S)c2ccncc2)cc1. The molecule has 0 spiro atoms. The second-order valence-corrected chi connectivity index (χ2v) is 9.14. The maximum absolute atomic E-state index is 13.3. The lowest BCUT2D eigenvalue weighted by Gasteiger charge is -2.13. The average Bonchev–Trinajstić information content (AvgIpc) is 2.90. The third-order valence-electron chi connectivity index (χ3n) is 5.21. The van der Waals surface area contributed by atoms with Crippen LogP contribution in [0.4, 0.5) is 10.1 Å². The fourth-order valence-corrected chi connectivity index (χ4v) is 4.08. The minimum atomic E-state index is -0.537. The van der Waals surface area contributed by atoms with Crippen LogP contribution in [0.3, 0.4) is 0 Å². The summed E-state index contributed by atoms with van der Waals surface area (Å²) in [4.78, 5) is 29.7. The number of nitrogens with zero attached hydrogens (tertiary/aromatic N) is 2. The fraction of sp³-hybridized carbons (Fsp3) is 0.0370. The molecule has 4 rings (SSSR count). The van der Waals surface area contributed by atoms with Crippen molar-refractivity contribution in [3.63, 3.8) is 0 Å². The zero-order valence-electron chi connectivity index (χ0n) is 18.7. The molecule has 180 valence electrons. The first kappa shape index (κ1) is 25.3. The molecule has 0 saturated carbocycles. The molecule has 0 aliphatic heterocycles. The quantitative estimate of drug-likeness (QED) is 0.146. The van der Waals surface area contributed by atoms with Gasteiger partial charge in [0.15, 0.2) is 0 Å². The van der Waals surface area contributed by atoms with E-state index in [1.807, 2.05) is 24.3 Å². The van der Waals surface area contributed by atoms with Crippen LogP contribution in [0.5, 0.6) is 0 Å². The predicted molar refractivity (Wildman–Crippen MR) is 145 cm³/mol. The molecule has 0 fully saturated rings. The number of halogens is 2. The molecule has 0 aliphatic carbocycles. The normalized spacial score (nSPS) is 11.8. The number of hydrazone groups is 1. The molecule has 3 aromatic carbocycles. The van der Waals surface area contributed by atoms with Crippen LogP contribution in [0.1, 0.15) is 42.7 Å². The lowest BCUT2D eigenvalue weighted by molar-refractivity contribution is 0.0956. The Morgan fingerprint density at radius 2 is 1.67 bits per heavy atom. The molecule has 0 radical (unpaired) electrons. The number of hydrogen-bond acceptors (Lipinski definition) is 5. The standard InChI is InChI=1S/C27H20BrFN4O2S/c28-21-8-9-24(23(15-21)27(35)33-31-16-17-2-1-3-22(29)14-17)32-26(34)20-6-4-18(5-7-20)25(36)19-10-12-30-13-11-19/h1-16,25,36H,(H,32,34)(H,33,35)/b31-16+. The van der Waals surface area contributed by atoms with E-state index >= 15 is 0 Å². The number of amides is 2. The summed E-state index contributed by atoms with van der Waals surface area (Å²) < 4.78 is 14.0. The molecule has 2 N–H and O–H groups in total. The third-order valence-corrected chi connectivity index (χ3v) is 6.30. The largest absolute Gasteiger partial charge is 0.321 e. The molecule has 4 aromatic rings. The zero-order chi connectivity index (χ0) is 25.5. The van der Waals surface area contributed by atoms with Gasteiger partial charge in [0, 0.05) is 22.4 Å². The van der Waals surface area contributed by atoms with Crippen LogP contribution in [-0.4, -0.2) is 23.0 Å². The molecule has 1 unspecified atom stereocenters. The second-order valence-electron chi connectivity index (χ2n) is 7.70. The Bertz CT molecular complexity index is 1420. The minimum absolute atomic E-state index is 0.153. The Hall–Kier alpha value is -3.82. The highest BCUT2D eigenvalue weighted by atomic mass is 79.9. The van der Waals surface area contributed by atoms with Crippen molar-refractivity contribution in [2.24, 2.45) is 5.10 Å². The summed E-state index contributed by atoms with van der Waals surface area (Å²) in [5, 5.41) is 6.52. The van der Waals surface area contributed by atoms with Crippen LogP contribution < -0.4 is 10.7 Å². The number of hydrogen-bond donors (Lipinski definition) is 3. The molecule has 0 bridgehead atoms. The molecule has 1 aromatic heterocycles. The molecule has 6 nitrogen and oxygen atoms in total. The lowest BCUT2D eigenvalue weighted by Crippen LogP contribution is -2.21. The van der Waals surface area contributed by atoms with Gasteiger partial charge in [0.1, 0.15) is 5.82 Å². The summed E-state index contributed by atoms with van der Waals surface area (Å²) in [6.45, 7) is 0. The van der Waals surface area contributed by atoms with E-state index < -0.39 is 11.7 Å². The number of aromatic nitrogens is 1.